The maximum atomic E-state index is 13.0. The Morgan fingerprint density at radius 2 is 2.08 bits per heavy atom. The summed E-state index contributed by atoms with van der Waals surface area (Å²) in [4.78, 5) is 4.08. The molecular formula is C9H4BrClFN. The van der Waals surface area contributed by atoms with Crippen LogP contribution in [0.15, 0.2) is 28.9 Å². The highest BCUT2D eigenvalue weighted by molar-refractivity contribution is 9.10. The molecule has 0 fully saturated rings. The van der Waals surface area contributed by atoms with Gasteiger partial charge >= 0.3 is 0 Å². The normalized spacial score (nSPS) is 10.7. The predicted octanol–water partition coefficient (Wildman–Crippen LogP) is 3.79. The fourth-order valence-corrected chi connectivity index (χ4v) is 1.60. The highest BCUT2D eigenvalue weighted by Gasteiger charge is 2.03. The van der Waals surface area contributed by atoms with Crippen molar-refractivity contribution in [1.82, 2.24) is 4.98 Å². The molecular weight excluding hydrogens is 256 g/mol. The summed E-state index contributed by atoms with van der Waals surface area (Å²) in [5.41, 5.74) is 0.689. The zero-order valence-electron chi connectivity index (χ0n) is 6.39. The molecule has 66 valence electrons. The van der Waals surface area contributed by atoms with Crippen LogP contribution in [0.2, 0.25) is 5.02 Å². The molecule has 1 aromatic heterocycles. The lowest BCUT2D eigenvalue weighted by atomic mass is 10.2. The van der Waals surface area contributed by atoms with Gasteiger partial charge in [0.05, 0.1) is 10.5 Å². The van der Waals surface area contributed by atoms with Crippen LogP contribution in [0.5, 0.6) is 0 Å². The molecule has 1 nitrogen and oxygen atoms in total. The van der Waals surface area contributed by atoms with E-state index in [0.717, 1.165) is 9.86 Å². The molecule has 0 saturated heterocycles. The van der Waals surface area contributed by atoms with Gasteiger partial charge in [0.15, 0.2) is 0 Å². The minimum Gasteiger partial charge on any atom is -0.255 e. The number of aromatic nitrogens is 1. The third-order valence-corrected chi connectivity index (χ3v) is 2.41. The molecule has 0 spiro atoms. The van der Waals surface area contributed by atoms with Crippen LogP contribution in [-0.4, -0.2) is 4.98 Å². The van der Waals surface area contributed by atoms with Crippen LogP contribution < -0.4 is 0 Å². The van der Waals surface area contributed by atoms with Crippen molar-refractivity contribution in [3.63, 3.8) is 0 Å². The van der Waals surface area contributed by atoms with E-state index in [9.17, 15) is 4.39 Å². The van der Waals surface area contributed by atoms with Crippen molar-refractivity contribution in [1.29, 1.82) is 0 Å². The van der Waals surface area contributed by atoms with Gasteiger partial charge in [-0.15, -0.1) is 0 Å². The average Bonchev–Trinajstić information content (AvgIpc) is 2.08. The van der Waals surface area contributed by atoms with Crippen molar-refractivity contribution in [2.45, 2.75) is 0 Å². The Bertz CT molecular complexity index is 472. The lowest BCUT2D eigenvalue weighted by Gasteiger charge is -1.99. The molecule has 2 aromatic rings. The van der Waals surface area contributed by atoms with E-state index < -0.39 is 5.82 Å². The Labute approximate surface area is 87.7 Å². The van der Waals surface area contributed by atoms with E-state index in [1.165, 1.54) is 12.1 Å². The number of hydrogen-bond donors (Lipinski definition) is 0. The zero-order valence-corrected chi connectivity index (χ0v) is 8.73. The summed E-state index contributed by atoms with van der Waals surface area (Å²) in [5.74, 6) is -0.422. The van der Waals surface area contributed by atoms with E-state index >= 15 is 0 Å². The Morgan fingerprint density at radius 1 is 1.31 bits per heavy atom. The summed E-state index contributed by atoms with van der Waals surface area (Å²) in [7, 11) is 0. The van der Waals surface area contributed by atoms with E-state index in [0.29, 0.717) is 5.52 Å². The van der Waals surface area contributed by atoms with Crippen molar-refractivity contribution in [3.05, 3.63) is 39.7 Å². The van der Waals surface area contributed by atoms with Crippen molar-refractivity contribution in [2.24, 2.45) is 0 Å². The molecule has 0 radical (unpaired) electrons. The molecule has 0 aliphatic rings. The first-order valence-corrected chi connectivity index (χ1v) is 4.74. The van der Waals surface area contributed by atoms with Crippen LogP contribution in [0, 0.1) is 5.82 Å². The van der Waals surface area contributed by atoms with Gasteiger partial charge in [0.25, 0.3) is 0 Å². The van der Waals surface area contributed by atoms with Gasteiger partial charge < -0.3 is 0 Å². The number of pyridine rings is 1. The largest absolute Gasteiger partial charge is 0.255 e. The second-order valence-corrected chi connectivity index (χ2v) is 3.94. The fourth-order valence-electron chi connectivity index (χ4n) is 1.10. The van der Waals surface area contributed by atoms with Gasteiger partial charge in [-0.1, -0.05) is 11.6 Å². The summed E-state index contributed by atoms with van der Waals surface area (Å²) >= 11 is 8.86. The first-order chi connectivity index (χ1) is 6.16. The van der Waals surface area contributed by atoms with Crippen LogP contribution in [0.25, 0.3) is 10.9 Å². The van der Waals surface area contributed by atoms with Gasteiger partial charge in [-0.2, -0.15) is 0 Å². The maximum Gasteiger partial charge on any atom is 0.142 e. The lowest BCUT2D eigenvalue weighted by Crippen LogP contribution is -1.82. The van der Waals surface area contributed by atoms with E-state index in [1.807, 2.05) is 0 Å². The standard InChI is InChI=1S/C9H4BrClFN/c10-6-1-5-2-8(12)7(11)3-9(5)13-4-6/h1-4H. The molecule has 0 N–H and O–H groups in total. The van der Waals surface area contributed by atoms with Crippen molar-refractivity contribution >= 4 is 38.4 Å². The van der Waals surface area contributed by atoms with E-state index in [1.54, 1.807) is 12.3 Å². The van der Waals surface area contributed by atoms with Gasteiger partial charge in [0.2, 0.25) is 0 Å². The topological polar surface area (TPSA) is 12.9 Å². The molecule has 2 rings (SSSR count). The Kier molecular flexibility index (Phi) is 2.22. The fraction of sp³-hybridized carbons (Fsp3) is 0. The third kappa shape index (κ3) is 1.67. The summed E-state index contributed by atoms with van der Waals surface area (Å²) in [6.45, 7) is 0. The molecule has 0 atom stereocenters. The van der Waals surface area contributed by atoms with Crippen LogP contribution in [-0.2, 0) is 0 Å². The second kappa shape index (κ2) is 3.24. The smallest absolute Gasteiger partial charge is 0.142 e. The number of rotatable bonds is 0. The molecule has 4 heteroatoms. The van der Waals surface area contributed by atoms with Crippen molar-refractivity contribution in [2.75, 3.05) is 0 Å². The first-order valence-electron chi connectivity index (χ1n) is 3.57. The van der Waals surface area contributed by atoms with Gasteiger partial charge in [0, 0.05) is 16.1 Å². The van der Waals surface area contributed by atoms with Crippen LogP contribution in [0.3, 0.4) is 0 Å². The molecule has 0 amide bonds. The Morgan fingerprint density at radius 3 is 2.85 bits per heavy atom. The van der Waals surface area contributed by atoms with Crippen LogP contribution >= 0.6 is 27.5 Å². The number of halogens is 3. The summed E-state index contributed by atoms with van der Waals surface area (Å²) in [5, 5.41) is 0.832. The third-order valence-electron chi connectivity index (χ3n) is 1.69. The summed E-state index contributed by atoms with van der Waals surface area (Å²) < 4.78 is 13.8. The zero-order chi connectivity index (χ0) is 9.42. The maximum absolute atomic E-state index is 13.0. The summed E-state index contributed by atoms with van der Waals surface area (Å²) in [6, 6.07) is 4.68. The molecule has 13 heavy (non-hydrogen) atoms. The first kappa shape index (κ1) is 8.91. The second-order valence-electron chi connectivity index (χ2n) is 2.61. The van der Waals surface area contributed by atoms with Crippen LogP contribution in [0.4, 0.5) is 4.39 Å². The van der Waals surface area contributed by atoms with Gasteiger partial charge in [-0.05, 0) is 34.1 Å². The molecule has 0 saturated carbocycles. The minimum atomic E-state index is -0.422. The van der Waals surface area contributed by atoms with Crippen molar-refractivity contribution in [3.8, 4) is 0 Å². The predicted molar refractivity (Wildman–Crippen MR) is 54.4 cm³/mol. The van der Waals surface area contributed by atoms with Gasteiger partial charge in [-0.3, -0.25) is 4.98 Å². The van der Waals surface area contributed by atoms with Gasteiger partial charge in [0.1, 0.15) is 5.82 Å². The number of nitrogens with zero attached hydrogens (tertiary/aromatic N) is 1. The Balaban J connectivity index is 2.81. The average molecular weight is 260 g/mol. The lowest BCUT2D eigenvalue weighted by molar-refractivity contribution is 0.630. The van der Waals surface area contributed by atoms with Gasteiger partial charge in [-0.25, -0.2) is 4.39 Å². The molecule has 0 aliphatic heterocycles. The van der Waals surface area contributed by atoms with E-state index in [4.69, 9.17) is 11.6 Å². The van der Waals surface area contributed by atoms with Crippen LogP contribution in [0.1, 0.15) is 0 Å². The molecule has 0 unspecified atom stereocenters. The Hall–Kier alpha value is -0.670. The highest BCUT2D eigenvalue weighted by Crippen LogP contribution is 2.23. The summed E-state index contributed by atoms with van der Waals surface area (Å²) in [6.07, 6.45) is 1.65. The number of fused-ring (bicyclic) bond motifs is 1. The van der Waals surface area contributed by atoms with E-state index in [2.05, 4.69) is 20.9 Å². The number of benzene rings is 1. The van der Waals surface area contributed by atoms with E-state index in [-0.39, 0.29) is 5.02 Å². The van der Waals surface area contributed by atoms with Crippen molar-refractivity contribution < 1.29 is 4.39 Å². The highest BCUT2D eigenvalue weighted by atomic mass is 79.9. The molecule has 0 aliphatic carbocycles. The minimum absolute atomic E-state index is 0.0994. The SMILES string of the molecule is Fc1cc2cc(Br)cnc2cc1Cl. The molecule has 1 heterocycles. The monoisotopic (exact) mass is 259 g/mol. The molecule has 1 aromatic carbocycles. The number of hydrogen-bond acceptors (Lipinski definition) is 1. The quantitative estimate of drug-likeness (QED) is 0.702. The molecule has 0 bridgehead atoms.